The van der Waals surface area contributed by atoms with Gasteiger partial charge in [0.25, 0.3) is 11.6 Å². The predicted molar refractivity (Wildman–Crippen MR) is 109 cm³/mol. The van der Waals surface area contributed by atoms with Gasteiger partial charge in [0.05, 0.1) is 20.2 Å². The van der Waals surface area contributed by atoms with Gasteiger partial charge in [0.1, 0.15) is 0 Å². The van der Waals surface area contributed by atoms with Crippen molar-refractivity contribution in [3.8, 4) is 11.8 Å². The summed E-state index contributed by atoms with van der Waals surface area (Å²) in [5.41, 5.74) is 1.20. The molecule has 1 heterocycles. The molecule has 1 aromatic heterocycles. The van der Waals surface area contributed by atoms with Crippen molar-refractivity contribution in [2.45, 2.75) is 4.90 Å². The van der Waals surface area contributed by atoms with Gasteiger partial charge in [-0.25, -0.2) is 4.21 Å². The molecule has 0 N–H and O–H groups in total. The van der Waals surface area contributed by atoms with Crippen LogP contribution in [0.25, 0.3) is 0 Å². The topological polar surface area (TPSA) is 103 Å². The Morgan fingerprint density at radius 1 is 1.03 bits per heavy atom. The Hall–Kier alpha value is -3.83. The molecular weight excluding hydrogens is 390 g/mol. The number of carbonyl (C=O) groups excluding carboxylic acids is 1. The number of amides is 1. The third-order valence-electron chi connectivity index (χ3n) is 3.85. The molecule has 1 atom stereocenters. The van der Waals surface area contributed by atoms with E-state index < -0.39 is 20.6 Å². The molecule has 2 aromatic carbocycles. The number of benzene rings is 2. The van der Waals surface area contributed by atoms with Crippen LogP contribution < -0.4 is 0 Å². The summed E-state index contributed by atoms with van der Waals surface area (Å²) < 4.78 is 16.6. The molecule has 0 aliphatic rings. The molecule has 3 rings (SSSR count). The number of aromatic nitrogens is 1. The largest absolute Gasteiger partial charge is 0.286 e. The fourth-order valence-corrected chi connectivity index (χ4v) is 3.56. The second kappa shape index (κ2) is 8.46. The van der Waals surface area contributed by atoms with Crippen LogP contribution in [0.2, 0.25) is 0 Å². The highest BCUT2D eigenvalue weighted by atomic mass is 32.2. The van der Waals surface area contributed by atoms with Gasteiger partial charge in [-0.3, -0.25) is 19.9 Å². The summed E-state index contributed by atoms with van der Waals surface area (Å²) in [6.07, 6.45) is 4.23. The van der Waals surface area contributed by atoms with Crippen molar-refractivity contribution < 1.29 is 13.9 Å². The maximum Gasteiger partial charge on any atom is 0.286 e. The molecule has 0 spiro atoms. The van der Waals surface area contributed by atoms with E-state index in [1.807, 2.05) is 0 Å². The highest BCUT2D eigenvalue weighted by molar-refractivity contribution is 7.93. The van der Waals surface area contributed by atoms with E-state index in [-0.39, 0.29) is 11.3 Å². The van der Waals surface area contributed by atoms with Gasteiger partial charge in [-0.2, -0.15) is 4.36 Å². The standard InChI is InChI=1S/C21H15N3O4S/c1-29(28,20-5-3-2-4-6-20)23-21(25)18-13-17(14-22-15-18)8-7-16-9-11-19(12-10-16)24(26)27/h2-6,9-15H,1H3. The summed E-state index contributed by atoms with van der Waals surface area (Å²) in [5.74, 6) is 5.06. The first-order chi connectivity index (χ1) is 13.8. The zero-order chi connectivity index (χ0) is 20.9. The molecule has 8 heteroatoms. The van der Waals surface area contributed by atoms with Crippen LogP contribution in [-0.4, -0.2) is 26.3 Å². The van der Waals surface area contributed by atoms with Crippen LogP contribution in [0.1, 0.15) is 21.5 Å². The minimum Gasteiger partial charge on any atom is -0.266 e. The number of rotatable bonds is 3. The number of hydrogen-bond donors (Lipinski definition) is 0. The number of hydrogen-bond acceptors (Lipinski definition) is 5. The molecule has 0 aliphatic heterocycles. The SMILES string of the molecule is CS(=O)(=NC(=O)c1cncc(C#Cc2ccc([N+](=O)[O-])cc2)c1)c1ccccc1. The van der Waals surface area contributed by atoms with Gasteiger partial charge >= 0.3 is 0 Å². The summed E-state index contributed by atoms with van der Waals surface area (Å²) >= 11 is 0. The van der Waals surface area contributed by atoms with E-state index in [2.05, 4.69) is 21.2 Å². The third kappa shape index (κ3) is 5.12. The van der Waals surface area contributed by atoms with Crippen LogP contribution in [0.3, 0.4) is 0 Å². The molecule has 1 unspecified atom stereocenters. The Morgan fingerprint density at radius 2 is 1.69 bits per heavy atom. The number of nitro benzene ring substituents is 1. The van der Waals surface area contributed by atoms with Gasteiger partial charge in [0, 0.05) is 46.8 Å². The molecule has 1 amide bonds. The second-order valence-electron chi connectivity index (χ2n) is 6.03. The van der Waals surface area contributed by atoms with E-state index in [1.165, 1.54) is 49.0 Å². The van der Waals surface area contributed by atoms with Crippen LogP contribution in [0, 0.1) is 22.0 Å². The number of carbonyl (C=O) groups is 1. The van der Waals surface area contributed by atoms with E-state index in [9.17, 15) is 19.1 Å². The van der Waals surface area contributed by atoms with Crippen LogP contribution >= 0.6 is 0 Å². The van der Waals surface area contributed by atoms with Crippen molar-refractivity contribution >= 4 is 21.3 Å². The maximum absolute atomic E-state index is 12.8. The lowest BCUT2D eigenvalue weighted by Crippen LogP contribution is -2.04. The van der Waals surface area contributed by atoms with Gasteiger partial charge in [0.15, 0.2) is 0 Å². The molecule has 0 saturated heterocycles. The van der Waals surface area contributed by atoms with Crippen molar-refractivity contribution in [3.63, 3.8) is 0 Å². The number of nitro groups is 1. The minimum atomic E-state index is -2.88. The minimum absolute atomic E-state index is 0.0204. The molecule has 0 radical (unpaired) electrons. The van der Waals surface area contributed by atoms with Crippen molar-refractivity contribution in [1.29, 1.82) is 0 Å². The molecule has 3 aromatic rings. The van der Waals surface area contributed by atoms with Crippen molar-refractivity contribution in [2.75, 3.05) is 6.26 Å². The van der Waals surface area contributed by atoms with E-state index >= 15 is 0 Å². The van der Waals surface area contributed by atoms with Crippen LogP contribution in [0.4, 0.5) is 5.69 Å². The quantitative estimate of drug-likeness (QED) is 0.376. The van der Waals surface area contributed by atoms with Crippen LogP contribution in [0.15, 0.2) is 82.3 Å². The van der Waals surface area contributed by atoms with Crippen LogP contribution in [0.5, 0.6) is 0 Å². The van der Waals surface area contributed by atoms with Gasteiger partial charge in [-0.1, -0.05) is 30.0 Å². The first kappa shape index (κ1) is 19.9. The average molecular weight is 405 g/mol. The summed E-state index contributed by atoms with van der Waals surface area (Å²) in [6.45, 7) is 0. The van der Waals surface area contributed by atoms with Crippen LogP contribution in [-0.2, 0) is 9.73 Å². The molecule has 0 aliphatic carbocycles. The molecule has 144 valence electrons. The molecule has 29 heavy (non-hydrogen) atoms. The molecule has 0 bridgehead atoms. The lowest BCUT2D eigenvalue weighted by Gasteiger charge is -2.03. The highest BCUT2D eigenvalue weighted by Gasteiger charge is 2.11. The Morgan fingerprint density at radius 3 is 2.34 bits per heavy atom. The summed E-state index contributed by atoms with van der Waals surface area (Å²) in [4.78, 5) is 27.1. The number of nitrogens with zero attached hydrogens (tertiary/aromatic N) is 3. The number of pyridine rings is 1. The maximum atomic E-state index is 12.8. The highest BCUT2D eigenvalue weighted by Crippen LogP contribution is 2.14. The Labute approximate surface area is 167 Å². The molecule has 0 saturated carbocycles. The fraction of sp³-hybridized carbons (Fsp3) is 0.0476. The smallest absolute Gasteiger partial charge is 0.266 e. The van der Waals surface area contributed by atoms with E-state index in [1.54, 1.807) is 30.3 Å². The zero-order valence-corrected chi connectivity index (χ0v) is 16.1. The third-order valence-corrected chi connectivity index (χ3v) is 5.51. The van der Waals surface area contributed by atoms with Gasteiger partial charge in [-0.05, 0) is 30.3 Å². The Bertz CT molecular complexity index is 1250. The molecular formula is C21H15N3O4S. The first-order valence-corrected chi connectivity index (χ1v) is 10.3. The first-order valence-electron chi connectivity index (χ1n) is 8.38. The molecule has 0 fully saturated rings. The van der Waals surface area contributed by atoms with Gasteiger partial charge < -0.3 is 0 Å². The van der Waals surface area contributed by atoms with Crippen molar-refractivity contribution in [2.24, 2.45) is 4.36 Å². The van der Waals surface area contributed by atoms with E-state index in [4.69, 9.17) is 0 Å². The average Bonchev–Trinajstić information content (AvgIpc) is 2.73. The number of non-ortho nitro benzene ring substituents is 1. The van der Waals surface area contributed by atoms with E-state index in [0.29, 0.717) is 16.0 Å². The van der Waals surface area contributed by atoms with Gasteiger partial charge in [-0.15, -0.1) is 0 Å². The van der Waals surface area contributed by atoms with E-state index in [0.717, 1.165) is 0 Å². The van der Waals surface area contributed by atoms with Gasteiger partial charge in [0.2, 0.25) is 0 Å². The summed E-state index contributed by atoms with van der Waals surface area (Å²) in [6, 6.07) is 15.9. The normalized spacial score (nSPS) is 12.2. The summed E-state index contributed by atoms with van der Waals surface area (Å²) in [5, 5.41) is 10.7. The zero-order valence-electron chi connectivity index (χ0n) is 15.3. The monoisotopic (exact) mass is 405 g/mol. The lowest BCUT2D eigenvalue weighted by atomic mass is 10.1. The second-order valence-corrected chi connectivity index (χ2v) is 8.29. The lowest BCUT2D eigenvalue weighted by molar-refractivity contribution is -0.384. The van der Waals surface area contributed by atoms with Crippen molar-refractivity contribution in [3.05, 3.63) is 99.9 Å². The Kier molecular flexibility index (Phi) is 5.81. The molecule has 7 nitrogen and oxygen atoms in total. The predicted octanol–water partition coefficient (Wildman–Crippen LogP) is 3.69. The van der Waals surface area contributed by atoms with Crippen molar-refractivity contribution in [1.82, 2.24) is 4.98 Å². The fourth-order valence-electron chi connectivity index (χ4n) is 2.37. The summed E-state index contributed by atoms with van der Waals surface area (Å²) in [7, 11) is -2.88. The Balaban J connectivity index is 1.85.